The lowest BCUT2D eigenvalue weighted by Crippen LogP contribution is -2.52. The van der Waals surface area contributed by atoms with Crippen molar-refractivity contribution < 1.29 is 70.2 Å². The number of hydrogen-bond donors (Lipinski definition) is 10. The SMILES string of the molecule is CC(=CC(C=C(C)C(=O)O)C(C=C(C)C(=O)O)(C=C(C)C(=O)O)C(CO)(CO)CO)C(=O)O.CCC(CO)(CO)CO. The van der Waals surface area contributed by atoms with E-state index in [9.17, 15) is 54.9 Å². The molecule has 0 saturated heterocycles. The molecule has 0 spiro atoms. The Hall–Kier alpha value is -3.40. The minimum atomic E-state index is -2.09. The number of carboxylic acids is 4. The predicted octanol–water partition coefficient (Wildman–Crippen LogP) is 0.0356. The molecule has 0 radical (unpaired) electrons. The van der Waals surface area contributed by atoms with E-state index >= 15 is 0 Å². The van der Waals surface area contributed by atoms with Gasteiger partial charge in [-0.1, -0.05) is 31.2 Å². The highest BCUT2D eigenvalue weighted by Gasteiger charge is 2.52. The highest BCUT2D eigenvalue weighted by atomic mass is 16.4. The third kappa shape index (κ3) is 10.5. The van der Waals surface area contributed by atoms with Crippen LogP contribution in [0.2, 0.25) is 0 Å². The molecule has 0 aromatic carbocycles. The second kappa shape index (κ2) is 18.2. The molecule has 0 saturated carbocycles. The van der Waals surface area contributed by atoms with Crippen LogP contribution in [-0.2, 0) is 19.2 Å². The van der Waals surface area contributed by atoms with Gasteiger partial charge in [-0.05, 0) is 34.1 Å². The molecular weight excluding hydrogens is 560 g/mol. The number of rotatable bonds is 17. The average Bonchev–Trinajstić information content (AvgIpc) is 2.95. The van der Waals surface area contributed by atoms with E-state index in [0.29, 0.717) is 6.42 Å². The maximum atomic E-state index is 11.7. The van der Waals surface area contributed by atoms with Crippen LogP contribution >= 0.6 is 0 Å². The minimum absolute atomic E-state index is 0.156. The van der Waals surface area contributed by atoms with Crippen LogP contribution in [0.3, 0.4) is 0 Å². The molecule has 42 heavy (non-hydrogen) atoms. The molecule has 0 aliphatic rings. The molecule has 14 heteroatoms. The molecule has 10 N–H and O–H groups in total. The van der Waals surface area contributed by atoms with Crippen molar-refractivity contribution in [2.24, 2.45) is 22.2 Å². The maximum absolute atomic E-state index is 11.7. The van der Waals surface area contributed by atoms with Crippen LogP contribution in [0.5, 0.6) is 0 Å². The fourth-order valence-corrected chi connectivity index (χ4v) is 3.79. The molecule has 14 nitrogen and oxygen atoms in total. The summed E-state index contributed by atoms with van der Waals surface area (Å²) in [7, 11) is 0. The van der Waals surface area contributed by atoms with E-state index in [1.807, 2.05) is 6.92 Å². The number of aliphatic hydroxyl groups excluding tert-OH is 6. The van der Waals surface area contributed by atoms with Gasteiger partial charge in [-0.25, -0.2) is 19.2 Å². The van der Waals surface area contributed by atoms with E-state index in [2.05, 4.69) is 0 Å². The van der Waals surface area contributed by atoms with Crippen molar-refractivity contribution in [1.82, 2.24) is 0 Å². The molecule has 0 atom stereocenters. The Labute approximate surface area is 243 Å². The van der Waals surface area contributed by atoms with Crippen LogP contribution in [0.25, 0.3) is 0 Å². The Morgan fingerprint density at radius 3 is 1.00 bits per heavy atom. The Morgan fingerprint density at radius 2 is 0.833 bits per heavy atom. The van der Waals surface area contributed by atoms with Crippen molar-refractivity contribution in [3.8, 4) is 0 Å². The van der Waals surface area contributed by atoms with E-state index in [1.54, 1.807) is 0 Å². The highest BCUT2D eigenvalue weighted by molar-refractivity contribution is 5.89. The van der Waals surface area contributed by atoms with E-state index in [0.717, 1.165) is 38.2 Å². The van der Waals surface area contributed by atoms with Gasteiger partial charge >= 0.3 is 23.9 Å². The van der Waals surface area contributed by atoms with Gasteiger partial charge in [0.2, 0.25) is 0 Å². The standard InChI is InChI=1S/C22H30O11.C6H14O3/c1-12(17(26)27)5-16(6-13(2)18(28)29)22(7-14(3)19(30)31,8-15(4)20(32)33)21(9-23,10-24)11-25;1-2-6(3-7,4-8)5-9/h5-8,16,23-25H,9-11H2,1-4H3,(H,26,27)(H,28,29)(H,30,31)(H,32,33);7-9H,2-5H2,1H3. The fraction of sp³-hybridized carbons (Fsp3) is 0.571. The molecule has 0 heterocycles. The largest absolute Gasteiger partial charge is 0.478 e. The van der Waals surface area contributed by atoms with Gasteiger partial charge in [0, 0.05) is 39.0 Å². The zero-order valence-corrected chi connectivity index (χ0v) is 24.4. The van der Waals surface area contributed by atoms with Crippen LogP contribution in [0, 0.1) is 22.2 Å². The van der Waals surface area contributed by atoms with Crippen LogP contribution in [0.1, 0.15) is 41.0 Å². The lowest BCUT2D eigenvalue weighted by Gasteiger charge is -2.48. The van der Waals surface area contributed by atoms with Gasteiger partial charge in [0.1, 0.15) is 0 Å². The van der Waals surface area contributed by atoms with E-state index in [4.69, 9.17) is 15.3 Å². The first kappa shape index (κ1) is 40.7. The second-order valence-corrected chi connectivity index (χ2v) is 10.1. The van der Waals surface area contributed by atoms with Crippen LogP contribution in [-0.4, -0.2) is 115 Å². The summed E-state index contributed by atoms with van der Waals surface area (Å²) in [6, 6.07) is 0. The first-order valence-corrected chi connectivity index (χ1v) is 12.7. The number of aliphatic hydroxyl groups is 6. The van der Waals surface area contributed by atoms with Crippen molar-refractivity contribution in [2.75, 3.05) is 39.6 Å². The Balaban J connectivity index is 0. The van der Waals surface area contributed by atoms with E-state index < -0.39 is 77.0 Å². The average molecular weight is 605 g/mol. The van der Waals surface area contributed by atoms with Crippen molar-refractivity contribution >= 4 is 23.9 Å². The highest BCUT2D eigenvalue weighted by Crippen LogP contribution is 2.51. The maximum Gasteiger partial charge on any atom is 0.330 e. The monoisotopic (exact) mass is 604 g/mol. The Bertz CT molecular complexity index is 973. The van der Waals surface area contributed by atoms with Gasteiger partial charge in [0.05, 0.1) is 45.1 Å². The predicted molar refractivity (Wildman–Crippen MR) is 149 cm³/mol. The number of carboxylic acid groups (broad SMARTS) is 4. The Kier molecular flexibility index (Phi) is 17.7. The van der Waals surface area contributed by atoms with Gasteiger partial charge in [-0.3, -0.25) is 0 Å². The van der Waals surface area contributed by atoms with Crippen molar-refractivity contribution in [2.45, 2.75) is 41.0 Å². The molecule has 0 rings (SSSR count). The van der Waals surface area contributed by atoms with Crippen LogP contribution in [0.4, 0.5) is 0 Å². The molecule has 0 unspecified atom stereocenters. The molecule has 0 bridgehead atoms. The van der Waals surface area contributed by atoms with Gasteiger partial charge in [-0.2, -0.15) is 0 Å². The zero-order chi connectivity index (χ0) is 33.5. The number of allylic oxidation sites excluding steroid dienone is 4. The molecule has 0 aliphatic carbocycles. The zero-order valence-electron chi connectivity index (χ0n) is 24.4. The van der Waals surface area contributed by atoms with Gasteiger partial charge in [-0.15, -0.1) is 0 Å². The minimum Gasteiger partial charge on any atom is -0.478 e. The fourth-order valence-electron chi connectivity index (χ4n) is 3.79. The molecule has 240 valence electrons. The summed E-state index contributed by atoms with van der Waals surface area (Å²) in [6.45, 7) is 2.98. The van der Waals surface area contributed by atoms with E-state index in [1.165, 1.54) is 13.8 Å². The van der Waals surface area contributed by atoms with Crippen molar-refractivity contribution in [1.29, 1.82) is 0 Å². The normalized spacial score (nSPS) is 15.7. The smallest absolute Gasteiger partial charge is 0.330 e. The van der Waals surface area contributed by atoms with E-state index in [-0.39, 0.29) is 31.0 Å². The van der Waals surface area contributed by atoms with Gasteiger partial charge in [0.25, 0.3) is 0 Å². The van der Waals surface area contributed by atoms with Crippen molar-refractivity contribution in [3.05, 3.63) is 46.6 Å². The van der Waals surface area contributed by atoms with Crippen molar-refractivity contribution in [3.63, 3.8) is 0 Å². The molecule has 0 fully saturated rings. The summed E-state index contributed by atoms with van der Waals surface area (Å²) in [6.07, 6.45) is 4.64. The van der Waals surface area contributed by atoms with Crippen LogP contribution in [0.15, 0.2) is 46.6 Å². The molecule has 0 aliphatic heterocycles. The summed E-state index contributed by atoms with van der Waals surface area (Å²) >= 11 is 0. The number of hydrogen-bond acceptors (Lipinski definition) is 10. The third-order valence-electron chi connectivity index (χ3n) is 7.25. The molecule has 0 aromatic rings. The number of aliphatic carboxylic acids is 4. The van der Waals surface area contributed by atoms with Gasteiger partial charge in [0.15, 0.2) is 0 Å². The summed E-state index contributed by atoms with van der Waals surface area (Å²) in [5, 5.41) is 94.3. The first-order chi connectivity index (χ1) is 19.4. The lowest BCUT2D eigenvalue weighted by atomic mass is 9.56. The van der Waals surface area contributed by atoms with Gasteiger partial charge < -0.3 is 51.1 Å². The summed E-state index contributed by atoms with van der Waals surface area (Å²) in [5.41, 5.74) is -6.22. The molecule has 0 aromatic heterocycles. The molecular formula is C28H44O14. The quantitative estimate of drug-likeness (QED) is 0.0982. The number of carbonyl (C=O) groups is 4. The third-order valence-corrected chi connectivity index (χ3v) is 7.25. The summed E-state index contributed by atoms with van der Waals surface area (Å²) in [4.78, 5) is 46.4. The summed E-state index contributed by atoms with van der Waals surface area (Å²) < 4.78 is 0. The molecule has 0 amide bonds. The Morgan fingerprint density at radius 1 is 0.548 bits per heavy atom. The van der Waals surface area contributed by atoms with Crippen LogP contribution < -0.4 is 0 Å². The first-order valence-electron chi connectivity index (χ1n) is 12.7. The summed E-state index contributed by atoms with van der Waals surface area (Å²) in [5.74, 6) is -7.16. The second-order valence-electron chi connectivity index (χ2n) is 10.1. The topological polar surface area (TPSA) is 271 Å². The lowest BCUT2D eigenvalue weighted by molar-refractivity contribution is -0.134.